The highest BCUT2D eigenvalue weighted by atomic mass is 32.2. The van der Waals surface area contributed by atoms with Crippen LogP contribution >= 0.6 is 0 Å². The molecule has 3 saturated heterocycles. The molecule has 3 fully saturated rings. The van der Waals surface area contributed by atoms with Gasteiger partial charge in [0.1, 0.15) is 22.2 Å². The third kappa shape index (κ3) is 2.50. The third-order valence-electron chi connectivity index (χ3n) is 5.40. The van der Waals surface area contributed by atoms with Gasteiger partial charge in [-0.2, -0.15) is 0 Å². The standard InChI is InChI=1S/C17H24N2O4S/c1-15(2)16(3,4)23-19(22-15)13-5-7-14(8-6-13)24(20)18-9-17(10-18)11-21-12-17/h5-8H,9-12H2,1-4H3. The number of benzene rings is 1. The number of anilines is 1. The predicted octanol–water partition coefficient (Wildman–Crippen LogP) is 2.28. The summed E-state index contributed by atoms with van der Waals surface area (Å²) in [5.41, 5.74) is 0.211. The Bertz CT molecular complexity index is 646. The maximum Gasteiger partial charge on any atom is 0.127 e. The third-order valence-corrected chi connectivity index (χ3v) is 6.80. The predicted molar refractivity (Wildman–Crippen MR) is 90.5 cm³/mol. The molecule has 0 bridgehead atoms. The summed E-state index contributed by atoms with van der Waals surface area (Å²) in [6.07, 6.45) is 0. The first-order chi connectivity index (χ1) is 11.2. The van der Waals surface area contributed by atoms with Gasteiger partial charge in [-0.25, -0.2) is 18.2 Å². The van der Waals surface area contributed by atoms with Crippen molar-refractivity contribution in [3.8, 4) is 0 Å². The van der Waals surface area contributed by atoms with Crippen LogP contribution in [0.1, 0.15) is 27.7 Å². The van der Waals surface area contributed by atoms with E-state index in [1.165, 1.54) is 5.23 Å². The van der Waals surface area contributed by atoms with Crippen molar-refractivity contribution in [3.05, 3.63) is 24.3 Å². The van der Waals surface area contributed by atoms with Gasteiger partial charge in [0.25, 0.3) is 0 Å². The number of rotatable bonds is 3. The van der Waals surface area contributed by atoms with Gasteiger partial charge in [0.15, 0.2) is 0 Å². The van der Waals surface area contributed by atoms with Crippen molar-refractivity contribution in [2.45, 2.75) is 43.8 Å². The lowest BCUT2D eigenvalue weighted by atomic mass is 9.80. The van der Waals surface area contributed by atoms with Gasteiger partial charge in [-0.15, -0.1) is 5.23 Å². The monoisotopic (exact) mass is 352 g/mol. The van der Waals surface area contributed by atoms with Gasteiger partial charge in [0, 0.05) is 18.5 Å². The molecule has 6 nitrogen and oxygen atoms in total. The fourth-order valence-corrected chi connectivity index (χ4v) is 4.43. The second-order valence-electron chi connectivity index (χ2n) is 7.99. The first-order valence-electron chi connectivity index (χ1n) is 8.25. The highest BCUT2D eigenvalue weighted by Gasteiger charge is 2.51. The van der Waals surface area contributed by atoms with Crippen LogP contribution < -0.4 is 5.23 Å². The zero-order valence-electron chi connectivity index (χ0n) is 14.6. The zero-order valence-corrected chi connectivity index (χ0v) is 15.4. The SMILES string of the molecule is CC1(C)ON(c2ccc(S(=O)N3CC4(COC4)C3)cc2)OC1(C)C. The lowest BCUT2D eigenvalue weighted by molar-refractivity contribution is -0.165. The molecular formula is C17H24N2O4S. The first kappa shape index (κ1) is 16.5. The van der Waals surface area contributed by atoms with E-state index in [2.05, 4.69) is 0 Å². The summed E-state index contributed by atoms with van der Waals surface area (Å²) in [5, 5.41) is 1.46. The minimum absolute atomic E-state index is 0.268. The summed E-state index contributed by atoms with van der Waals surface area (Å²) < 4.78 is 19.9. The Hall–Kier alpha value is -0.990. The lowest BCUT2D eigenvalue weighted by Gasteiger charge is -2.53. The van der Waals surface area contributed by atoms with E-state index < -0.39 is 22.2 Å². The Morgan fingerprint density at radius 2 is 1.50 bits per heavy atom. The first-order valence-corrected chi connectivity index (χ1v) is 9.35. The van der Waals surface area contributed by atoms with Crippen LogP contribution in [0.25, 0.3) is 0 Å². The van der Waals surface area contributed by atoms with Gasteiger partial charge in [-0.05, 0) is 52.0 Å². The maximum atomic E-state index is 12.6. The van der Waals surface area contributed by atoms with Gasteiger partial charge in [-0.1, -0.05) is 0 Å². The van der Waals surface area contributed by atoms with E-state index in [0.29, 0.717) is 0 Å². The number of ether oxygens (including phenoxy) is 1. The van der Waals surface area contributed by atoms with E-state index in [1.54, 1.807) is 0 Å². The van der Waals surface area contributed by atoms with Crippen LogP contribution in [0.15, 0.2) is 29.2 Å². The minimum atomic E-state index is -1.12. The number of nitrogens with zero attached hydrogens (tertiary/aromatic N) is 2. The Labute approximate surface area is 145 Å². The maximum absolute atomic E-state index is 12.6. The molecule has 1 unspecified atom stereocenters. The van der Waals surface area contributed by atoms with Crippen LogP contribution in [0.3, 0.4) is 0 Å². The summed E-state index contributed by atoms with van der Waals surface area (Å²) >= 11 is 0. The summed E-state index contributed by atoms with van der Waals surface area (Å²) in [6, 6.07) is 7.51. The van der Waals surface area contributed by atoms with Crippen LogP contribution in [-0.2, 0) is 25.4 Å². The van der Waals surface area contributed by atoms with Crippen LogP contribution in [0.5, 0.6) is 0 Å². The molecule has 1 atom stereocenters. The van der Waals surface area contributed by atoms with E-state index in [4.69, 9.17) is 14.4 Å². The second kappa shape index (κ2) is 5.25. The van der Waals surface area contributed by atoms with Gasteiger partial charge in [0.05, 0.1) is 23.8 Å². The van der Waals surface area contributed by atoms with Gasteiger partial charge in [-0.3, -0.25) is 0 Å². The quantitative estimate of drug-likeness (QED) is 0.835. The molecule has 7 heteroatoms. The van der Waals surface area contributed by atoms with Crippen LogP contribution in [0.2, 0.25) is 0 Å². The Morgan fingerprint density at radius 1 is 0.958 bits per heavy atom. The zero-order chi connectivity index (χ0) is 17.2. The number of hydrogen-bond acceptors (Lipinski definition) is 5. The molecular weight excluding hydrogens is 328 g/mol. The van der Waals surface area contributed by atoms with Crippen LogP contribution in [0, 0.1) is 5.41 Å². The molecule has 1 aromatic carbocycles. The van der Waals surface area contributed by atoms with Crippen molar-refractivity contribution < 1.29 is 18.6 Å². The molecule has 3 heterocycles. The molecule has 0 amide bonds. The van der Waals surface area contributed by atoms with Gasteiger partial charge in [0.2, 0.25) is 0 Å². The molecule has 1 aromatic rings. The lowest BCUT2D eigenvalue weighted by Crippen LogP contribution is -2.65. The molecule has 132 valence electrons. The average molecular weight is 352 g/mol. The largest absolute Gasteiger partial charge is 0.380 e. The Balaban J connectivity index is 1.43. The Kier molecular flexibility index (Phi) is 3.61. The van der Waals surface area contributed by atoms with E-state index in [9.17, 15) is 4.21 Å². The van der Waals surface area contributed by atoms with Crippen LogP contribution in [-0.4, -0.2) is 46.0 Å². The summed E-state index contributed by atoms with van der Waals surface area (Å²) in [5.74, 6) is 0. The molecule has 4 rings (SSSR count). The normalized spacial score (nSPS) is 28.4. The van der Waals surface area contributed by atoms with Crippen molar-refractivity contribution in [1.82, 2.24) is 4.31 Å². The molecule has 0 aromatic heterocycles. The van der Waals surface area contributed by atoms with Crippen molar-refractivity contribution in [2.24, 2.45) is 5.41 Å². The van der Waals surface area contributed by atoms with E-state index >= 15 is 0 Å². The number of hydrogen-bond donors (Lipinski definition) is 0. The fourth-order valence-electron chi connectivity index (χ4n) is 2.98. The molecule has 0 N–H and O–H groups in total. The summed E-state index contributed by atoms with van der Waals surface area (Å²) in [7, 11) is -1.12. The van der Waals surface area contributed by atoms with Crippen molar-refractivity contribution in [3.63, 3.8) is 0 Å². The summed E-state index contributed by atoms with van der Waals surface area (Å²) in [6.45, 7) is 11.3. The van der Waals surface area contributed by atoms with E-state index in [0.717, 1.165) is 36.9 Å². The van der Waals surface area contributed by atoms with Crippen molar-refractivity contribution in [1.29, 1.82) is 0 Å². The molecule has 0 aliphatic carbocycles. The minimum Gasteiger partial charge on any atom is -0.380 e. The molecule has 1 spiro atoms. The van der Waals surface area contributed by atoms with E-state index in [1.807, 2.05) is 56.3 Å². The molecule has 24 heavy (non-hydrogen) atoms. The van der Waals surface area contributed by atoms with Gasteiger partial charge < -0.3 is 4.74 Å². The van der Waals surface area contributed by atoms with Crippen LogP contribution in [0.4, 0.5) is 5.69 Å². The van der Waals surface area contributed by atoms with Gasteiger partial charge >= 0.3 is 0 Å². The van der Waals surface area contributed by atoms with Crippen molar-refractivity contribution in [2.75, 3.05) is 31.5 Å². The summed E-state index contributed by atoms with van der Waals surface area (Å²) in [4.78, 5) is 12.6. The smallest absolute Gasteiger partial charge is 0.127 e. The highest BCUT2D eigenvalue weighted by Crippen LogP contribution is 2.41. The molecule has 0 saturated carbocycles. The highest BCUT2D eigenvalue weighted by molar-refractivity contribution is 7.82. The average Bonchev–Trinajstić information content (AvgIpc) is 2.64. The topological polar surface area (TPSA) is 51.2 Å². The molecule has 0 radical (unpaired) electrons. The van der Waals surface area contributed by atoms with E-state index in [-0.39, 0.29) is 5.41 Å². The fraction of sp³-hybridized carbons (Fsp3) is 0.647. The molecule has 3 aliphatic heterocycles. The Morgan fingerprint density at radius 3 is 1.96 bits per heavy atom. The second-order valence-corrected chi connectivity index (χ2v) is 9.48. The molecule has 3 aliphatic rings. The van der Waals surface area contributed by atoms with Crippen molar-refractivity contribution >= 4 is 16.7 Å².